The van der Waals surface area contributed by atoms with Gasteiger partial charge in [-0.25, -0.2) is 0 Å². The lowest BCUT2D eigenvalue weighted by molar-refractivity contribution is -0.713. The average molecular weight is 366 g/mol. The number of thiophene rings is 1. The van der Waals surface area contributed by atoms with Crippen molar-refractivity contribution in [2.24, 2.45) is 0 Å². The summed E-state index contributed by atoms with van der Waals surface area (Å²) in [5.74, 6) is 0.102. The Labute approximate surface area is 159 Å². The molecule has 0 spiro atoms. The van der Waals surface area contributed by atoms with Crippen molar-refractivity contribution in [3.63, 3.8) is 0 Å². The molecule has 134 valence electrons. The maximum absolute atomic E-state index is 12.9. The zero-order chi connectivity index (χ0) is 18.5. The zero-order valence-electron chi connectivity index (χ0n) is 15.4. The van der Waals surface area contributed by atoms with Crippen LogP contribution in [-0.2, 0) is 4.79 Å². The van der Waals surface area contributed by atoms with Crippen molar-refractivity contribution in [2.75, 3.05) is 14.1 Å². The normalized spacial score (nSPS) is 13.2. The maximum Gasteiger partial charge on any atom is 0.285 e. The lowest BCUT2D eigenvalue weighted by Gasteiger charge is -2.24. The average Bonchev–Trinajstić information content (AvgIpc) is 3.18. The van der Waals surface area contributed by atoms with Gasteiger partial charge in [0.15, 0.2) is 6.04 Å². The minimum Gasteiger partial charge on any atom is -0.343 e. The van der Waals surface area contributed by atoms with Gasteiger partial charge in [0.05, 0.1) is 4.88 Å². The van der Waals surface area contributed by atoms with E-state index in [-0.39, 0.29) is 18.0 Å². The molecule has 0 fully saturated rings. The monoisotopic (exact) mass is 365 g/mol. The molecule has 3 rings (SSSR count). The third-order valence-electron chi connectivity index (χ3n) is 4.54. The highest BCUT2D eigenvalue weighted by Crippen LogP contribution is 2.25. The molecule has 0 aliphatic carbocycles. The number of amides is 1. The van der Waals surface area contributed by atoms with Crippen molar-refractivity contribution in [3.05, 3.63) is 93.7 Å². The first kappa shape index (κ1) is 18.4. The Bertz CT molecular complexity index is 826. The largest absolute Gasteiger partial charge is 0.343 e. The fourth-order valence-corrected chi connectivity index (χ4v) is 3.91. The predicted molar refractivity (Wildman–Crippen MR) is 107 cm³/mol. The highest BCUT2D eigenvalue weighted by Gasteiger charge is 2.31. The molecule has 3 nitrogen and oxygen atoms in total. The van der Waals surface area contributed by atoms with E-state index in [1.54, 1.807) is 16.2 Å². The number of hydrogen-bond donors (Lipinski definition) is 1. The summed E-state index contributed by atoms with van der Waals surface area (Å²) in [5, 5.41) is 4.28. The van der Waals surface area contributed by atoms with Gasteiger partial charge in [-0.05, 0) is 18.4 Å². The zero-order valence-corrected chi connectivity index (χ0v) is 16.2. The SMILES string of the molecule is Cc1ccc([C@@H]([NH2+][C@H](C(=O)N(C)C)c2ccccc2)c2cccs2)cc1. The van der Waals surface area contributed by atoms with Crippen LogP contribution in [0.5, 0.6) is 0 Å². The summed E-state index contributed by atoms with van der Waals surface area (Å²) in [5.41, 5.74) is 3.48. The van der Waals surface area contributed by atoms with Crippen molar-refractivity contribution in [3.8, 4) is 0 Å². The number of aryl methyl sites for hydroxylation is 1. The minimum absolute atomic E-state index is 0.0877. The maximum atomic E-state index is 12.9. The first-order valence-corrected chi connectivity index (χ1v) is 9.65. The molecule has 0 unspecified atom stereocenters. The van der Waals surface area contributed by atoms with Crippen molar-refractivity contribution in [2.45, 2.75) is 19.0 Å². The van der Waals surface area contributed by atoms with E-state index in [1.165, 1.54) is 16.0 Å². The standard InChI is InChI=1S/C22H24N2OS/c1-16-11-13-18(14-12-16)20(19-10-7-15-26-19)23-21(22(25)24(2)3)17-8-5-4-6-9-17/h4-15,20-21,23H,1-3H3/p+1/t20-,21+/m1/s1. The van der Waals surface area contributed by atoms with Crippen molar-refractivity contribution < 1.29 is 10.1 Å². The molecule has 4 heteroatoms. The van der Waals surface area contributed by atoms with Gasteiger partial charge in [-0.1, -0.05) is 66.2 Å². The molecule has 26 heavy (non-hydrogen) atoms. The van der Waals surface area contributed by atoms with Gasteiger partial charge in [-0.15, -0.1) is 11.3 Å². The van der Waals surface area contributed by atoms with E-state index in [0.29, 0.717) is 0 Å². The third-order valence-corrected chi connectivity index (χ3v) is 5.49. The van der Waals surface area contributed by atoms with Crippen LogP contribution in [0.1, 0.15) is 33.7 Å². The molecule has 0 bridgehead atoms. The summed E-state index contributed by atoms with van der Waals surface area (Å²) >= 11 is 1.73. The quantitative estimate of drug-likeness (QED) is 0.713. The smallest absolute Gasteiger partial charge is 0.285 e. The van der Waals surface area contributed by atoms with Gasteiger partial charge >= 0.3 is 0 Å². The van der Waals surface area contributed by atoms with E-state index < -0.39 is 0 Å². The number of carbonyl (C=O) groups is 1. The molecule has 0 saturated carbocycles. The molecule has 1 aromatic heterocycles. The minimum atomic E-state index is -0.278. The van der Waals surface area contributed by atoms with E-state index in [4.69, 9.17) is 0 Å². The second kappa shape index (κ2) is 8.30. The predicted octanol–water partition coefficient (Wildman–Crippen LogP) is 3.54. The number of likely N-dealkylation sites (N-methyl/N-ethyl adjacent to an activating group) is 1. The van der Waals surface area contributed by atoms with Gasteiger partial charge in [0.1, 0.15) is 6.04 Å². The van der Waals surface area contributed by atoms with Crippen LogP contribution in [0.4, 0.5) is 0 Å². The van der Waals surface area contributed by atoms with Crippen LogP contribution in [0, 0.1) is 6.92 Å². The van der Waals surface area contributed by atoms with Crippen LogP contribution < -0.4 is 5.32 Å². The van der Waals surface area contributed by atoms with Crippen molar-refractivity contribution in [1.29, 1.82) is 0 Å². The number of nitrogens with zero attached hydrogens (tertiary/aromatic N) is 1. The second-order valence-electron chi connectivity index (χ2n) is 6.72. The first-order chi connectivity index (χ1) is 12.6. The lowest BCUT2D eigenvalue weighted by Crippen LogP contribution is -2.88. The molecule has 0 aliphatic heterocycles. The van der Waals surface area contributed by atoms with Gasteiger partial charge in [-0.2, -0.15) is 0 Å². The number of carbonyl (C=O) groups excluding carboxylic acids is 1. The Morgan fingerprint density at radius 2 is 1.62 bits per heavy atom. The number of nitrogens with two attached hydrogens (primary N) is 1. The summed E-state index contributed by atoms with van der Waals surface area (Å²) in [6.45, 7) is 2.09. The van der Waals surface area contributed by atoms with E-state index >= 15 is 0 Å². The molecule has 2 aromatic carbocycles. The molecule has 3 aromatic rings. The van der Waals surface area contributed by atoms with E-state index in [9.17, 15) is 4.79 Å². The summed E-state index contributed by atoms with van der Waals surface area (Å²) in [6.07, 6.45) is 0. The number of hydrogen-bond acceptors (Lipinski definition) is 2. The van der Waals surface area contributed by atoms with Gasteiger partial charge in [0.2, 0.25) is 0 Å². The van der Waals surface area contributed by atoms with Crippen LogP contribution >= 0.6 is 11.3 Å². The van der Waals surface area contributed by atoms with Crippen LogP contribution in [0.2, 0.25) is 0 Å². The van der Waals surface area contributed by atoms with Crippen LogP contribution in [-0.4, -0.2) is 24.9 Å². The fourth-order valence-electron chi connectivity index (χ4n) is 3.08. The Hall–Kier alpha value is -2.43. The molecule has 0 saturated heterocycles. The first-order valence-electron chi connectivity index (χ1n) is 8.77. The molecular formula is C22H25N2OS+. The number of benzene rings is 2. The second-order valence-corrected chi connectivity index (χ2v) is 7.70. The van der Waals surface area contributed by atoms with Crippen LogP contribution in [0.25, 0.3) is 0 Å². The Kier molecular flexibility index (Phi) is 5.86. The lowest BCUT2D eigenvalue weighted by atomic mass is 9.99. The molecule has 1 heterocycles. The van der Waals surface area contributed by atoms with Gasteiger partial charge in [0, 0.05) is 25.2 Å². The van der Waals surface area contributed by atoms with Crippen LogP contribution in [0.15, 0.2) is 72.1 Å². The third kappa shape index (κ3) is 4.21. The molecule has 0 radical (unpaired) electrons. The van der Waals surface area contributed by atoms with Gasteiger partial charge in [-0.3, -0.25) is 4.79 Å². The highest BCUT2D eigenvalue weighted by atomic mass is 32.1. The van der Waals surface area contributed by atoms with Crippen molar-refractivity contribution >= 4 is 17.2 Å². The van der Waals surface area contributed by atoms with E-state index in [0.717, 1.165) is 5.56 Å². The summed E-state index contributed by atoms with van der Waals surface area (Å²) in [7, 11) is 3.64. The van der Waals surface area contributed by atoms with Gasteiger partial charge in [0.25, 0.3) is 5.91 Å². The van der Waals surface area contributed by atoms with Crippen LogP contribution in [0.3, 0.4) is 0 Å². The topological polar surface area (TPSA) is 36.9 Å². The van der Waals surface area contributed by atoms with E-state index in [1.807, 2.05) is 44.4 Å². The summed E-state index contributed by atoms with van der Waals surface area (Å²) in [6, 6.07) is 22.7. The fraction of sp³-hybridized carbons (Fsp3) is 0.227. The van der Waals surface area contributed by atoms with E-state index in [2.05, 4.69) is 54.0 Å². The Balaban J connectivity index is 1.99. The highest BCUT2D eigenvalue weighted by molar-refractivity contribution is 7.10. The molecule has 0 aliphatic rings. The number of quaternary nitrogens is 1. The summed E-state index contributed by atoms with van der Waals surface area (Å²) < 4.78 is 0. The molecule has 2 N–H and O–H groups in total. The molecule has 2 atom stereocenters. The molecular weight excluding hydrogens is 340 g/mol. The van der Waals surface area contributed by atoms with Crippen molar-refractivity contribution in [1.82, 2.24) is 4.90 Å². The Morgan fingerprint density at radius 1 is 0.923 bits per heavy atom. The molecule has 1 amide bonds. The van der Waals surface area contributed by atoms with Gasteiger partial charge < -0.3 is 10.2 Å². The Morgan fingerprint density at radius 3 is 2.19 bits per heavy atom. The summed E-state index contributed by atoms with van der Waals surface area (Å²) in [4.78, 5) is 15.9. The number of rotatable bonds is 6.